The van der Waals surface area contributed by atoms with Crippen LogP contribution in [0.4, 0.5) is 26.3 Å². The first-order valence-electron chi connectivity index (χ1n) is 37.1. The molecule has 2 heterocycles. The normalized spacial score (nSPS) is 24.5. The van der Waals surface area contributed by atoms with Gasteiger partial charge in [-0.1, -0.05) is 101 Å². The summed E-state index contributed by atoms with van der Waals surface area (Å²) >= 11 is 6.16. The Hall–Kier alpha value is -8.57. The van der Waals surface area contributed by atoms with E-state index in [1.165, 1.54) is 82.1 Å². The zero-order valence-corrected chi connectivity index (χ0v) is 65.3. The van der Waals surface area contributed by atoms with Gasteiger partial charge in [-0.05, 0) is 131 Å². The number of amides is 12. The number of carbonyl (C=O) groups excluding carboxylic acids is 12. The lowest BCUT2D eigenvalue weighted by molar-refractivity contribution is -0.156. The summed E-state index contributed by atoms with van der Waals surface area (Å²) in [5.74, 6) is -10.7. The number of rotatable bonds is 16. The molecule has 0 aromatic heterocycles. The van der Waals surface area contributed by atoms with Crippen LogP contribution in [-0.2, 0) is 82.7 Å². The van der Waals surface area contributed by atoms with Crippen molar-refractivity contribution in [3.05, 3.63) is 94.5 Å². The van der Waals surface area contributed by atoms with Crippen LogP contribution < -0.4 is 16.0 Å². The SMILES string of the molecule is C=CCCN1C(=O)[C@H](CC(=C)C)N(C)C(=O)CN(C)C(=O)[C@H]([C@@H](C)CC)NC(=O)[C@H](CC(C)C)N(C)C(=O)C[C@@H](C(=O)N(C)C)N(C)C(=O)[C@H](C2CCCC2)N(C)C(=O)C2(CCCC2)NC(=O)[C@@H]2CCCN2C(=O)[C@H](CCc2ccc(C(F)(F)F)c(Cl)c2)NC(=O)CN(C)C(=O)[C@@H]1Cc1ccc(C(F)(F)F)cc1. The average molecular weight is 1540 g/mol. The van der Waals surface area contributed by atoms with E-state index in [0.717, 1.165) is 67.0 Å². The average Bonchev–Trinajstić information content (AvgIpc) is 1.50. The molecule has 9 atom stereocenters. The van der Waals surface area contributed by atoms with Gasteiger partial charge in [0.2, 0.25) is 70.9 Å². The number of fused-ring (bicyclic) bond motifs is 1. The Morgan fingerprint density at radius 3 is 1.85 bits per heavy atom. The van der Waals surface area contributed by atoms with Crippen molar-refractivity contribution in [2.24, 2.45) is 17.8 Å². The lowest BCUT2D eigenvalue weighted by Gasteiger charge is -2.42. The predicted molar refractivity (Wildman–Crippen MR) is 393 cm³/mol. The maximum Gasteiger partial charge on any atom is 0.417 e. The van der Waals surface area contributed by atoms with Crippen molar-refractivity contribution in [3.63, 3.8) is 0 Å². The van der Waals surface area contributed by atoms with Crippen molar-refractivity contribution in [2.75, 3.05) is 82.6 Å². The number of hydrogen-bond donors (Lipinski definition) is 3. The quantitative estimate of drug-likeness (QED) is 0.108. The largest absolute Gasteiger partial charge is 0.417 e. The number of likely N-dealkylation sites (N-methyl/N-ethyl adjacent to an activating group) is 7. The van der Waals surface area contributed by atoms with E-state index >= 15 is 28.8 Å². The lowest BCUT2D eigenvalue weighted by atomic mass is 9.90. The van der Waals surface area contributed by atoms with Gasteiger partial charge < -0.3 is 60.0 Å². The van der Waals surface area contributed by atoms with Crippen LogP contribution in [0.1, 0.15) is 160 Å². The zero-order valence-electron chi connectivity index (χ0n) is 64.5. The molecule has 2 aromatic carbocycles. The van der Waals surface area contributed by atoms with Gasteiger partial charge in [0.15, 0.2) is 0 Å². The van der Waals surface area contributed by atoms with Crippen molar-refractivity contribution >= 4 is 82.5 Å². The van der Waals surface area contributed by atoms with E-state index in [1.54, 1.807) is 20.8 Å². The summed E-state index contributed by atoms with van der Waals surface area (Å²) < 4.78 is 84.0. The summed E-state index contributed by atoms with van der Waals surface area (Å²) in [6.45, 7) is 14.6. The summed E-state index contributed by atoms with van der Waals surface area (Å²) in [6.07, 6.45) is -5.84. The minimum atomic E-state index is -4.83. The minimum Gasteiger partial charge on any atom is -0.347 e. The molecule has 0 radical (unpaired) electrons. The topological polar surface area (TPSA) is 270 Å². The summed E-state index contributed by atoms with van der Waals surface area (Å²) in [5, 5.41) is 7.89. The highest BCUT2D eigenvalue weighted by atomic mass is 35.5. The Morgan fingerprint density at radius 2 is 1.30 bits per heavy atom. The van der Waals surface area contributed by atoms with Crippen LogP contribution >= 0.6 is 11.6 Å². The van der Waals surface area contributed by atoms with E-state index < -0.39 is 191 Å². The van der Waals surface area contributed by atoms with E-state index in [0.29, 0.717) is 50.5 Å². The maximum absolute atomic E-state index is 15.6. The van der Waals surface area contributed by atoms with Crippen molar-refractivity contribution < 1.29 is 83.9 Å². The number of nitrogens with one attached hydrogen (secondary N) is 3. The second kappa shape index (κ2) is 38.2. The number of hydrogen-bond acceptors (Lipinski definition) is 12. The molecule has 108 heavy (non-hydrogen) atoms. The molecule has 2 saturated heterocycles. The van der Waals surface area contributed by atoms with Crippen LogP contribution in [0.25, 0.3) is 0 Å². The van der Waals surface area contributed by atoms with Crippen LogP contribution in [0.2, 0.25) is 5.02 Å². The standard InChI is InChI=1S/C77H109ClF6N12O12/c1-16-18-37-96-60(42-50-27-31-52(32-28-50)76(79,80)81)70(104)89(10)44-61(97)85-55(34-30-49-29-33-53(54(78)41-49)77(82,83)84)68(102)95-38-23-26-56(95)67(101)87-75(35-21-22-36-75)74(108)94(15)65(51-24-19-20-25-51)73(107)93(14)59(69(103)88(8)9)43-62(98)91(12)57(39-46(3)4)66(100)86-64(48(7)17-2)72(106)90(11)45-63(99)92(13)58(71(96)105)40-47(5)6/h16,27-29,31-33,41,46,48,51,55-60,64-65H,1,5,17-26,30,34-40,42-45H2,2-4,6-15H3,(H,85,97)(H,86,100)(H,87,101)/t48-,55-,56-,57-,58-,59-,60-,64-,65-/m0/s1. The molecular weight excluding hydrogens is 1430 g/mol. The van der Waals surface area contributed by atoms with Crippen molar-refractivity contribution in [2.45, 2.75) is 216 Å². The van der Waals surface area contributed by atoms with Gasteiger partial charge in [-0.2, -0.15) is 26.3 Å². The van der Waals surface area contributed by atoms with Gasteiger partial charge >= 0.3 is 12.4 Å². The number of carbonyl (C=O) groups is 12. The molecule has 0 bridgehead atoms. The third-order valence-electron chi connectivity index (χ3n) is 21.6. The summed E-state index contributed by atoms with van der Waals surface area (Å²) in [4.78, 5) is 192. The number of aryl methyl sites for hydroxylation is 1. The molecule has 4 aliphatic rings. The molecule has 598 valence electrons. The van der Waals surface area contributed by atoms with E-state index in [1.807, 2.05) is 13.8 Å². The Morgan fingerprint density at radius 1 is 0.694 bits per heavy atom. The minimum absolute atomic E-state index is 0.000198. The van der Waals surface area contributed by atoms with Crippen molar-refractivity contribution in [1.82, 2.24) is 60.0 Å². The van der Waals surface area contributed by atoms with Crippen molar-refractivity contribution in [3.8, 4) is 0 Å². The van der Waals surface area contributed by atoms with Crippen LogP contribution in [0.5, 0.6) is 0 Å². The number of alkyl halides is 6. The van der Waals surface area contributed by atoms with Gasteiger partial charge in [0.1, 0.15) is 53.9 Å². The van der Waals surface area contributed by atoms with E-state index in [2.05, 4.69) is 29.1 Å². The lowest BCUT2D eigenvalue weighted by Crippen LogP contribution is -2.65. The van der Waals surface area contributed by atoms with Crippen molar-refractivity contribution in [1.29, 1.82) is 0 Å². The van der Waals surface area contributed by atoms with E-state index in [9.17, 15) is 55.1 Å². The van der Waals surface area contributed by atoms with Crippen LogP contribution in [0.15, 0.2) is 67.3 Å². The fraction of sp³-hybridized carbons (Fsp3) is 0.636. The molecular formula is C77H109ClF6N12O12. The van der Waals surface area contributed by atoms with Crippen LogP contribution in [0.3, 0.4) is 0 Å². The summed E-state index contributed by atoms with van der Waals surface area (Å²) in [6, 6.07) is -4.57. The molecule has 31 heteroatoms. The molecule has 12 amide bonds. The molecule has 6 rings (SSSR count). The third kappa shape index (κ3) is 22.1. The van der Waals surface area contributed by atoms with Gasteiger partial charge in [-0.15, -0.1) is 13.2 Å². The molecule has 24 nitrogen and oxygen atoms in total. The van der Waals surface area contributed by atoms with Gasteiger partial charge in [0.25, 0.3) is 0 Å². The molecule has 1 spiro atoms. The number of benzene rings is 2. The Bertz CT molecular complexity index is 3620. The van der Waals surface area contributed by atoms with Gasteiger partial charge in [-0.3, -0.25) is 57.5 Å². The maximum atomic E-state index is 15.6. The second-order valence-electron chi connectivity index (χ2n) is 30.4. The number of halogens is 7. The highest BCUT2D eigenvalue weighted by Crippen LogP contribution is 2.39. The molecule has 0 unspecified atom stereocenters. The third-order valence-corrected chi connectivity index (χ3v) is 21.9. The fourth-order valence-electron chi connectivity index (χ4n) is 15.0. The van der Waals surface area contributed by atoms with Crippen LogP contribution in [-0.4, -0.2) is 251 Å². The Balaban J connectivity index is 1.52. The molecule has 2 saturated carbocycles. The number of nitrogens with zero attached hydrogens (tertiary/aromatic N) is 9. The summed E-state index contributed by atoms with van der Waals surface area (Å²) in [7, 11) is 10.9. The smallest absolute Gasteiger partial charge is 0.347 e. The monoisotopic (exact) mass is 1540 g/mol. The van der Waals surface area contributed by atoms with E-state index in [-0.39, 0.29) is 87.9 Å². The molecule has 4 fully saturated rings. The van der Waals surface area contributed by atoms with Gasteiger partial charge in [-0.25, -0.2) is 0 Å². The molecule has 2 aliphatic carbocycles. The summed E-state index contributed by atoms with van der Waals surface area (Å²) in [5.41, 5.74) is -3.10. The second-order valence-corrected chi connectivity index (χ2v) is 30.8. The molecule has 3 N–H and O–H groups in total. The Kier molecular flexibility index (Phi) is 31.2. The first kappa shape index (κ1) is 88.3. The Labute approximate surface area is 635 Å². The first-order chi connectivity index (χ1) is 50.5. The highest BCUT2D eigenvalue weighted by Gasteiger charge is 2.52. The van der Waals surface area contributed by atoms with Crippen LogP contribution in [0, 0.1) is 17.8 Å². The zero-order chi connectivity index (χ0) is 80.8. The fourth-order valence-corrected chi connectivity index (χ4v) is 15.3. The highest BCUT2D eigenvalue weighted by molar-refractivity contribution is 6.31. The first-order valence-corrected chi connectivity index (χ1v) is 37.4. The molecule has 2 aromatic rings. The van der Waals surface area contributed by atoms with Gasteiger partial charge in [0.05, 0.1) is 35.7 Å². The molecule has 2 aliphatic heterocycles. The predicted octanol–water partition coefficient (Wildman–Crippen LogP) is 7.68. The van der Waals surface area contributed by atoms with Gasteiger partial charge in [0, 0.05) is 75.9 Å². The van der Waals surface area contributed by atoms with E-state index in [4.69, 9.17) is 11.6 Å².